The van der Waals surface area contributed by atoms with Gasteiger partial charge in [0, 0.05) is 18.8 Å². The molecule has 0 aliphatic rings. The second-order valence-electron chi connectivity index (χ2n) is 3.03. The first-order valence-electron chi connectivity index (χ1n) is 4.87. The van der Waals surface area contributed by atoms with Crippen LogP contribution in [0.1, 0.15) is 6.92 Å². The molecule has 1 N–H and O–H groups in total. The van der Waals surface area contributed by atoms with Crippen LogP contribution in [0.15, 0.2) is 36.8 Å². The number of rotatable bonds is 3. The topological polar surface area (TPSA) is 50.7 Å². The smallest absolute Gasteiger partial charge is 0.130 e. The number of hydrogen-bond donors (Lipinski definition) is 1. The quantitative estimate of drug-likeness (QED) is 0.823. The van der Waals surface area contributed by atoms with E-state index < -0.39 is 0 Å². The van der Waals surface area contributed by atoms with Crippen LogP contribution in [-0.2, 0) is 0 Å². The highest BCUT2D eigenvalue weighted by atomic mass is 15.0. The highest BCUT2D eigenvalue weighted by Gasteiger charge is 2.01. The number of pyridine rings is 1. The lowest BCUT2D eigenvalue weighted by Crippen LogP contribution is -2.00. The zero-order valence-corrected chi connectivity index (χ0v) is 8.51. The van der Waals surface area contributed by atoms with Crippen molar-refractivity contribution in [3.05, 3.63) is 36.8 Å². The van der Waals surface area contributed by atoms with E-state index in [-0.39, 0.29) is 0 Å². The SMILES string of the molecule is CCNc1cc(-c2ccccn2)ncn1. The minimum absolute atomic E-state index is 0.827. The van der Waals surface area contributed by atoms with E-state index >= 15 is 0 Å². The predicted octanol–water partition coefficient (Wildman–Crippen LogP) is 1.97. The van der Waals surface area contributed by atoms with E-state index in [9.17, 15) is 0 Å². The van der Waals surface area contributed by atoms with Gasteiger partial charge in [0.15, 0.2) is 0 Å². The zero-order chi connectivity index (χ0) is 10.5. The number of nitrogens with one attached hydrogen (secondary N) is 1. The van der Waals surface area contributed by atoms with E-state index in [0.29, 0.717) is 0 Å². The maximum Gasteiger partial charge on any atom is 0.130 e. The maximum absolute atomic E-state index is 4.23. The van der Waals surface area contributed by atoms with Gasteiger partial charge in [0.2, 0.25) is 0 Å². The number of hydrogen-bond acceptors (Lipinski definition) is 4. The minimum Gasteiger partial charge on any atom is -0.370 e. The van der Waals surface area contributed by atoms with E-state index in [4.69, 9.17) is 0 Å². The fourth-order valence-corrected chi connectivity index (χ4v) is 1.29. The molecule has 0 fully saturated rings. The molecule has 0 spiro atoms. The molecular weight excluding hydrogens is 188 g/mol. The second kappa shape index (κ2) is 4.50. The molecule has 76 valence electrons. The van der Waals surface area contributed by atoms with Crippen molar-refractivity contribution in [2.75, 3.05) is 11.9 Å². The lowest BCUT2D eigenvalue weighted by molar-refractivity contribution is 1.11. The lowest BCUT2D eigenvalue weighted by Gasteiger charge is -2.03. The number of nitrogens with zero attached hydrogens (tertiary/aromatic N) is 3. The zero-order valence-electron chi connectivity index (χ0n) is 8.51. The Morgan fingerprint density at radius 3 is 2.80 bits per heavy atom. The first kappa shape index (κ1) is 9.58. The van der Waals surface area contributed by atoms with Crippen LogP contribution in [0.4, 0.5) is 5.82 Å². The van der Waals surface area contributed by atoms with Gasteiger partial charge in [-0.15, -0.1) is 0 Å². The Morgan fingerprint density at radius 2 is 2.07 bits per heavy atom. The summed E-state index contributed by atoms with van der Waals surface area (Å²) in [5.74, 6) is 0.827. The summed E-state index contributed by atoms with van der Waals surface area (Å²) in [6.07, 6.45) is 3.30. The molecule has 0 saturated carbocycles. The summed E-state index contributed by atoms with van der Waals surface area (Å²) >= 11 is 0. The minimum atomic E-state index is 0.827. The molecule has 0 radical (unpaired) electrons. The molecule has 0 saturated heterocycles. The summed E-state index contributed by atoms with van der Waals surface area (Å²) in [6, 6.07) is 7.65. The van der Waals surface area contributed by atoms with Gasteiger partial charge in [-0.3, -0.25) is 4.98 Å². The van der Waals surface area contributed by atoms with Gasteiger partial charge in [0.25, 0.3) is 0 Å². The molecule has 0 aliphatic carbocycles. The third-order valence-electron chi connectivity index (χ3n) is 1.95. The Hall–Kier alpha value is -1.97. The Labute approximate surface area is 88.4 Å². The van der Waals surface area contributed by atoms with Crippen LogP contribution in [0.5, 0.6) is 0 Å². The van der Waals surface area contributed by atoms with Crippen LogP contribution in [0, 0.1) is 0 Å². The highest BCUT2D eigenvalue weighted by Crippen LogP contribution is 2.15. The lowest BCUT2D eigenvalue weighted by atomic mass is 10.2. The summed E-state index contributed by atoms with van der Waals surface area (Å²) in [5.41, 5.74) is 1.70. The molecule has 4 nitrogen and oxygen atoms in total. The average molecular weight is 200 g/mol. The predicted molar refractivity (Wildman–Crippen MR) is 59.4 cm³/mol. The maximum atomic E-state index is 4.23. The Bertz CT molecular complexity index is 428. The molecule has 4 heteroatoms. The molecule has 2 aromatic rings. The Balaban J connectivity index is 2.33. The molecular formula is C11H12N4. The molecule has 0 unspecified atom stereocenters. The van der Waals surface area contributed by atoms with Crippen molar-refractivity contribution in [3.63, 3.8) is 0 Å². The van der Waals surface area contributed by atoms with Crippen molar-refractivity contribution in [1.29, 1.82) is 0 Å². The van der Waals surface area contributed by atoms with E-state index in [0.717, 1.165) is 23.8 Å². The van der Waals surface area contributed by atoms with Gasteiger partial charge in [-0.05, 0) is 19.1 Å². The van der Waals surface area contributed by atoms with Crippen molar-refractivity contribution in [1.82, 2.24) is 15.0 Å². The summed E-state index contributed by atoms with van der Waals surface area (Å²) in [7, 11) is 0. The molecule has 0 atom stereocenters. The summed E-state index contributed by atoms with van der Waals surface area (Å²) in [6.45, 7) is 2.88. The van der Waals surface area contributed by atoms with Crippen molar-refractivity contribution in [2.45, 2.75) is 6.92 Å². The molecule has 2 heterocycles. The van der Waals surface area contributed by atoms with Crippen LogP contribution in [0.25, 0.3) is 11.4 Å². The third-order valence-corrected chi connectivity index (χ3v) is 1.95. The molecule has 0 bridgehead atoms. The highest BCUT2D eigenvalue weighted by molar-refractivity contribution is 5.57. The van der Waals surface area contributed by atoms with E-state index in [1.807, 2.05) is 31.2 Å². The first-order chi connectivity index (χ1) is 7.40. The van der Waals surface area contributed by atoms with Crippen LogP contribution in [-0.4, -0.2) is 21.5 Å². The van der Waals surface area contributed by atoms with Gasteiger partial charge >= 0.3 is 0 Å². The van der Waals surface area contributed by atoms with Crippen LogP contribution in [0.2, 0.25) is 0 Å². The Morgan fingerprint density at radius 1 is 1.13 bits per heavy atom. The van der Waals surface area contributed by atoms with Crippen LogP contribution < -0.4 is 5.32 Å². The van der Waals surface area contributed by atoms with Gasteiger partial charge in [0.1, 0.15) is 12.1 Å². The van der Waals surface area contributed by atoms with Crippen LogP contribution in [0.3, 0.4) is 0 Å². The average Bonchev–Trinajstić information content (AvgIpc) is 2.31. The van der Waals surface area contributed by atoms with E-state index in [1.165, 1.54) is 0 Å². The number of anilines is 1. The molecule has 2 aromatic heterocycles. The number of aromatic nitrogens is 3. The fraction of sp³-hybridized carbons (Fsp3) is 0.182. The molecule has 0 aromatic carbocycles. The van der Waals surface area contributed by atoms with Gasteiger partial charge < -0.3 is 5.32 Å². The standard InChI is InChI=1S/C11H12N4/c1-2-12-11-7-10(14-8-15-11)9-5-3-4-6-13-9/h3-8H,2H2,1H3,(H,12,14,15). The first-order valence-corrected chi connectivity index (χ1v) is 4.87. The monoisotopic (exact) mass is 200 g/mol. The van der Waals surface area contributed by atoms with Crippen molar-refractivity contribution < 1.29 is 0 Å². The van der Waals surface area contributed by atoms with Crippen molar-refractivity contribution >= 4 is 5.82 Å². The Kier molecular flexibility index (Phi) is 2.88. The van der Waals surface area contributed by atoms with Crippen LogP contribution >= 0.6 is 0 Å². The third kappa shape index (κ3) is 2.28. The van der Waals surface area contributed by atoms with Crippen molar-refractivity contribution in [3.8, 4) is 11.4 Å². The van der Waals surface area contributed by atoms with E-state index in [2.05, 4.69) is 20.3 Å². The van der Waals surface area contributed by atoms with Gasteiger partial charge in [-0.1, -0.05) is 6.07 Å². The molecule has 15 heavy (non-hydrogen) atoms. The summed E-state index contributed by atoms with van der Waals surface area (Å²) < 4.78 is 0. The molecule has 2 rings (SSSR count). The largest absolute Gasteiger partial charge is 0.370 e. The normalized spacial score (nSPS) is 9.93. The summed E-state index contributed by atoms with van der Waals surface area (Å²) in [4.78, 5) is 12.5. The summed E-state index contributed by atoms with van der Waals surface area (Å²) in [5, 5.41) is 3.14. The fourth-order valence-electron chi connectivity index (χ4n) is 1.29. The molecule has 0 aliphatic heterocycles. The van der Waals surface area contributed by atoms with Gasteiger partial charge in [-0.25, -0.2) is 9.97 Å². The van der Waals surface area contributed by atoms with Gasteiger partial charge in [-0.2, -0.15) is 0 Å². The van der Waals surface area contributed by atoms with Gasteiger partial charge in [0.05, 0.1) is 11.4 Å². The van der Waals surface area contributed by atoms with E-state index in [1.54, 1.807) is 12.5 Å². The van der Waals surface area contributed by atoms with Crippen molar-refractivity contribution in [2.24, 2.45) is 0 Å². The molecule has 0 amide bonds. The second-order valence-corrected chi connectivity index (χ2v) is 3.03.